The van der Waals surface area contributed by atoms with Crippen LogP contribution in [0.2, 0.25) is 0 Å². The largest absolute Gasteiger partial charge is 0.481 e. The van der Waals surface area contributed by atoms with Crippen molar-refractivity contribution in [3.05, 3.63) is 102 Å². The van der Waals surface area contributed by atoms with Gasteiger partial charge in [0.15, 0.2) is 26.5 Å². The van der Waals surface area contributed by atoms with Gasteiger partial charge in [0.05, 0.1) is 0 Å². The maximum atomic E-state index is 13.1. The van der Waals surface area contributed by atoms with Crippen LogP contribution in [0.5, 0.6) is 5.75 Å². The van der Waals surface area contributed by atoms with Gasteiger partial charge in [-0.15, -0.1) is 0 Å². The van der Waals surface area contributed by atoms with Crippen LogP contribution in [0.4, 0.5) is 4.39 Å². The van der Waals surface area contributed by atoms with Crippen LogP contribution in [0.3, 0.4) is 0 Å². The highest BCUT2D eigenvalue weighted by atomic mass is 127. The smallest absolute Gasteiger partial charge is 0.345 e. The van der Waals surface area contributed by atoms with E-state index in [1.54, 1.807) is 26.0 Å². The highest BCUT2D eigenvalue weighted by molar-refractivity contribution is 14.1. The van der Waals surface area contributed by atoms with E-state index >= 15 is 0 Å². The Balaban J connectivity index is 1.37. The molecule has 0 saturated heterocycles. The van der Waals surface area contributed by atoms with E-state index in [1.165, 1.54) is 44.3 Å². The van der Waals surface area contributed by atoms with Gasteiger partial charge >= 0.3 is 5.97 Å². The molecule has 4 aromatic carbocycles. The normalized spacial score (nSPS) is 11.4. The third kappa shape index (κ3) is 6.29. The lowest BCUT2D eigenvalue weighted by Crippen LogP contribution is -2.29. The summed E-state index contributed by atoms with van der Waals surface area (Å²) in [6.45, 7) is 7.23. The number of rotatable bonds is 5. The number of benzene rings is 4. The number of carbonyl (C=O) groups is 1. The van der Waals surface area contributed by atoms with Crippen molar-refractivity contribution in [1.29, 1.82) is 0 Å². The monoisotopic (exact) mass is 775 g/mol. The summed E-state index contributed by atoms with van der Waals surface area (Å²) >= 11 is 4.75. The first-order valence-electron chi connectivity index (χ1n) is 12.6. The van der Waals surface area contributed by atoms with Crippen molar-refractivity contribution in [2.45, 2.75) is 33.3 Å². The second-order valence-electron chi connectivity index (χ2n) is 10.0. The van der Waals surface area contributed by atoms with Crippen molar-refractivity contribution < 1.29 is 18.7 Å². The zero-order valence-corrected chi connectivity index (χ0v) is 27.5. The Labute approximate surface area is 263 Å². The van der Waals surface area contributed by atoms with Crippen LogP contribution in [-0.4, -0.2) is 18.2 Å². The summed E-state index contributed by atoms with van der Waals surface area (Å²) in [5, 5.41) is 2.60. The molecular weight excluding hydrogens is 749 g/mol. The molecule has 5 rings (SSSR count). The van der Waals surface area contributed by atoms with Gasteiger partial charge in [0.25, 0.3) is 0 Å². The fourth-order valence-electron chi connectivity index (χ4n) is 4.64. The van der Waals surface area contributed by atoms with Crippen molar-refractivity contribution >= 4 is 81.8 Å². The number of esters is 1. The van der Waals surface area contributed by atoms with Crippen LogP contribution >= 0.6 is 55.7 Å². The van der Waals surface area contributed by atoms with Crippen molar-refractivity contribution in [2.24, 2.45) is 0 Å². The number of ether oxygens (including phenoxy) is 2. The zero-order chi connectivity index (χ0) is 28.6. The summed E-state index contributed by atoms with van der Waals surface area (Å²) in [6, 6.07) is 23.6. The molecule has 0 amide bonds. The summed E-state index contributed by atoms with van der Waals surface area (Å²) in [5.41, 5.74) is 1.56. The molecule has 0 bridgehead atoms. The second-order valence-corrected chi connectivity index (χ2v) is 14.5. The third-order valence-corrected chi connectivity index (χ3v) is 9.98. The van der Waals surface area contributed by atoms with E-state index in [9.17, 15) is 9.18 Å². The van der Waals surface area contributed by atoms with Gasteiger partial charge in [0, 0.05) is 46.1 Å². The van der Waals surface area contributed by atoms with E-state index in [1.807, 2.05) is 13.8 Å². The molecule has 40 heavy (non-hydrogen) atoms. The number of fused-ring (bicyclic) bond motifs is 3. The van der Waals surface area contributed by atoms with Crippen molar-refractivity contribution in [3.8, 4) is 22.5 Å². The molecular formula is C33H26FI2O3S+. The van der Waals surface area contributed by atoms with Gasteiger partial charge in [0.1, 0.15) is 11.6 Å². The minimum Gasteiger partial charge on any atom is -0.481 e. The Morgan fingerprint density at radius 1 is 0.875 bits per heavy atom. The molecule has 0 fully saturated rings. The van der Waals surface area contributed by atoms with Gasteiger partial charge in [0.2, 0.25) is 0 Å². The highest BCUT2D eigenvalue weighted by Gasteiger charge is 2.26. The van der Waals surface area contributed by atoms with Crippen LogP contribution in [-0.2, 0) is 9.53 Å². The predicted molar refractivity (Wildman–Crippen MR) is 179 cm³/mol. The number of carbonyl (C=O) groups excluding carboxylic acids is 1. The Kier molecular flexibility index (Phi) is 8.41. The quantitative estimate of drug-likeness (QED) is 0.0773. The molecule has 7 heteroatoms. The van der Waals surface area contributed by atoms with E-state index < -0.39 is 11.6 Å². The molecule has 0 spiro atoms. The SMILES string of the molecule is Cc1cc(-[s+]2c3ccc(I)cc3c3cc(I)ccc32)cc(C)c1OCC(=O)OC(C)(C)C#Cc1ccc(F)cc1. The van der Waals surface area contributed by atoms with Gasteiger partial charge in [-0.25, -0.2) is 9.18 Å². The molecule has 202 valence electrons. The van der Waals surface area contributed by atoms with Gasteiger partial charge in [-0.05, 0) is 145 Å². The minimum absolute atomic E-state index is 0.222. The van der Waals surface area contributed by atoms with Gasteiger partial charge in [-0.2, -0.15) is 0 Å². The van der Waals surface area contributed by atoms with E-state index in [0.717, 1.165) is 11.1 Å². The summed E-state index contributed by atoms with van der Waals surface area (Å²) in [4.78, 5) is 13.9. The fraction of sp³-hybridized carbons (Fsp3) is 0.182. The maximum absolute atomic E-state index is 13.1. The lowest BCUT2D eigenvalue weighted by atomic mass is 10.1. The Bertz CT molecular complexity index is 1750. The van der Waals surface area contributed by atoms with E-state index in [0.29, 0.717) is 11.3 Å². The summed E-state index contributed by atoms with van der Waals surface area (Å²) in [5.74, 6) is 5.72. The van der Waals surface area contributed by atoms with Crippen molar-refractivity contribution in [2.75, 3.05) is 6.61 Å². The Morgan fingerprint density at radius 2 is 1.43 bits per heavy atom. The third-order valence-electron chi connectivity index (χ3n) is 6.34. The number of hydrogen-bond donors (Lipinski definition) is 0. The maximum Gasteiger partial charge on any atom is 0.345 e. The number of hydrogen-bond acceptors (Lipinski definition) is 3. The fourth-order valence-corrected chi connectivity index (χ4v) is 8.14. The predicted octanol–water partition coefficient (Wildman–Crippen LogP) is 9.45. The molecule has 1 heterocycles. The Hall–Kier alpha value is -2.68. The average molecular weight is 775 g/mol. The van der Waals surface area contributed by atoms with Crippen LogP contribution in [0.15, 0.2) is 72.8 Å². The van der Waals surface area contributed by atoms with Gasteiger partial charge in [-0.1, -0.05) is 11.8 Å². The molecule has 0 aliphatic carbocycles. The van der Waals surface area contributed by atoms with Crippen LogP contribution < -0.4 is 4.74 Å². The first-order chi connectivity index (χ1) is 19.0. The first-order valence-corrected chi connectivity index (χ1v) is 16.0. The van der Waals surface area contributed by atoms with Gasteiger partial charge in [-0.3, -0.25) is 0 Å². The molecule has 0 unspecified atom stereocenters. The average Bonchev–Trinajstić information content (AvgIpc) is 3.20. The zero-order valence-electron chi connectivity index (χ0n) is 22.4. The molecule has 1 aromatic heterocycles. The summed E-state index contributed by atoms with van der Waals surface area (Å²) in [7, 11) is -0.222. The first kappa shape index (κ1) is 28.8. The lowest BCUT2D eigenvalue weighted by molar-refractivity contribution is -0.154. The van der Waals surface area contributed by atoms with Crippen LogP contribution in [0.25, 0.3) is 25.1 Å². The molecule has 0 saturated carbocycles. The van der Waals surface area contributed by atoms with Crippen molar-refractivity contribution in [3.63, 3.8) is 0 Å². The molecule has 5 aromatic rings. The highest BCUT2D eigenvalue weighted by Crippen LogP contribution is 2.50. The number of aryl methyl sites for hydroxylation is 2. The molecule has 0 N–H and O–H groups in total. The summed E-state index contributed by atoms with van der Waals surface area (Å²) in [6.07, 6.45) is 0. The molecule has 0 aliphatic rings. The van der Waals surface area contributed by atoms with Crippen LogP contribution in [0, 0.1) is 38.6 Å². The van der Waals surface area contributed by atoms with E-state index in [2.05, 4.69) is 106 Å². The van der Waals surface area contributed by atoms with Gasteiger partial charge < -0.3 is 9.47 Å². The molecule has 0 radical (unpaired) electrons. The topological polar surface area (TPSA) is 35.5 Å². The van der Waals surface area contributed by atoms with Crippen molar-refractivity contribution in [1.82, 2.24) is 0 Å². The molecule has 0 atom stereocenters. The Morgan fingerprint density at radius 3 is 1.98 bits per heavy atom. The standard InChI is InChI=1S/C33H26FI2O3S/c1-20-15-26(40-29-11-9-24(35)17-27(29)28-18-25(36)10-12-30(28)40)16-21(2)32(20)38-19-31(37)39-33(3,4)14-13-22-5-7-23(34)8-6-22/h5-12,15-18H,19H2,1-4H3/q+1. The molecule has 0 aliphatic heterocycles. The second kappa shape index (κ2) is 11.7. The van der Waals surface area contributed by atoms with E-state index in [-0.39, 0.29) is 22.9 Å². The lowest BCUT2D eigenvalue weighted by Gasteiger charge is -2.19. The number of halogens is 3. The summed E-state index contributed by atoms with van der Waals surface area (Å²) < 4.78 is 29.8. The van der Waals surface area contributed by atoms with E-state index in [4.69, 9.17) is 9.47 Å². The minimum atomic E-state index is -1.03. The number of thiophene rings is 1. The molecule has 3 nitrogen and oxygen atoms in total. The van der Waals surface area contributed by atoms with Crippen LogP contribution in [0.1, 0.15) is 30.5 Å².